The van der Waals surface area contributed by atoms with Crippen LogP contribution in [0.2, 0.25) is 5.02 Å². The fourth-order valence-corrected chi connectivity index (χ4v) is 1.27. The summed E-state index contributed by atoms with van der Waals surface area (Å²) in [6, 6.07) is 1.47. The van der Waals surface area contributed by atoms with E-state index in [4.69, 9.17) is 11.6 Å². The average molecular weight is 270 g/mol. The van der Waals surface area contributed by atoms with Crippen molar-refractivity contribution in [3.05, 3.63) is 21.4 Å². The highest BCUT2D eigenvalue weighted by Crippen LogP contribution is 2.22. The van der Waals surface area contributed by atoms with Crippen molar-refractivity contribution in [3.8, 4) is 0 Å². The molecule has 0 aliphatic carbocycles. The minimum Gasteiger partial charge on any atom is -0.348 e. The SMILES string of the molecule is O=C(NCCF)c1cc(Cl)c(Br)[nH]1. The van der Waals surface area contributed by atoms with E-state index in [9.17, 15) is 9.18 Å². The number of amides is 1. The number of alkyl halides is 1. The molecular formula is C7H7BrClFN2O. The highest BCUT2D eigenvalue weighted by atomic mass is 79.9. The lowest BCUT2D eigenvalue weighted by Gasteiger charge is -1.98. The second kappa shape index (κ2) is 4.62. The molecule has 1 aromatic rings. The van der Waals surface area contributed by atoms with Gasteiger partial charge in [0, 0.05) is 6.54 Å². The van der Waals surface area contributed by atoms with E-state index in [0.29, 0.717) is 15.3 Å². The Kier molecular flexibility index (Phi) is 3.74. The first-order valence-electron chi connectivity index (χ1n) is 3.53. The van der Waals surface area contributed by atoms with E-state index in [0.717, 1.165) is 0 Å². The maximum absolute atomic E-state index is 11.7. The van der Waals surface area contributed by atoms with Crippen molar-refractivity contribution in [2.45, 2.75) is 0 Å². The zero-order chi connectivity index (χ0) is 9.84. The largest absolute Gasteiger partial charge is 0.348 e. The Balaban J connectivity index is 2.66. The molecule has 0 aromatic carbocycles. The van der Waals surface area contributed by atoms with Crippen molar-refractivity contribution < 1.29 is 9.18 Å². The number of carbonyl (C=O) groups excluding carboxylic acids is 1. The van der Waals surface area contributed by atoms with Crippen LogP contribution in [0.15, 0.2) is 10.7 Å². The van der Waals surface area contributed by atoms with Crippen LogP contribution in [0.4, 0.5) is 4.39 Å². The first-order valence-corrected chi connectivity index (χ1v) is 4.70. The van der Waals surface area contributed by atoms with Gasteiger partial charge in [0.2, 0.25) is 0 Å². The Morgan fingerprint density at radius 3 is 2.92 bits per heavy atom. The lowest BCUT2D eigenvalue weighted by molar-refractivity contribution is 0.0946. The minimum atomic E-state index is -0.582. The van der Waals surface area contributed by atoms with Gasteiger partial charge in [-0.05, 0) is 22.0 Å². The van der Waals surface area contributed by atoms with Gasteiger partial charge in [0.05, 0.1) is 5.02 Å². The maximum Gasteiger partial charge on any atom is 0.267 e. The molecule has 0 spiro atoms. The molecule has 0 aliphatic heterocycles. The van der Waals surface area contributed by atoms with E-state index in [1.165, 1.54) is 6.07 Å². The predicted octanol–water partition coefficient (Wildman–Crippen LogP) is 2.13. The van der Waals surface area contributed by atoms with Crippen molar-refractivity contribution in [2.75, 3.05) is 13.2 Å². The predicted molar refractivity (Wildman–Crippen MR) is 51.8 cm³/mol. The Hall–Kier alpha value is -0.550. The molecule has 3 nitrogen and oxygen atoms in total. The van der Waals surface area contributed by atoms with E-state index in [2.05, 4.69) is 26.2 Å². The standard InChI is InChI=1S/C7H7BrClFN2O/c8-6-4(9)3-5(12-6)7(13)11-2-1-10/h3,12H,1-2H2,(H,11,13). The van der Waals surface area contributed by atoms with Gasteiger partial charge in [0.1, 0.15) is 17.0 Å². The van der Waals surface area contributed by atoms with Gasteiger partial charge in [0.15, 0.2) is 0 Å². The molecule has 0 radical (unpaired) electrons. The van der Waals surface area contributed by atoms with Gasteiger partial charge in [-0.25, -0.2) is 4.39 Å². The van der Waals surface area contributed by atoms with Crippen LogP contribution in [0.1, 0.15) is 10.5 Å². The van der Waals surface area contributed by atoms with E-state index in [-0.39, 0.29) is 12.5 Å². The molecular weight excluding hydrogens is 262 g/mol. The molecule has 0 saturated carbocycles. The highest BCUT2D eigenvalue weighted by molar-refractivity contribution is 9.10. The molecule has 13 heavy (non-hydrogen) atoms. The van der Waals surface area contributed by atoms with Gasteiger partial charge in [-0.3, -0.25) is 4.79 Å². The fraction of sp³-hybridized carbons (Fsp3) is 0.286. The molecule has 0 bridgehead atoms. The lowest BCUT2D eigenvalue weighted by atomic mass is 10.4. The zero-order valence-corrected chi connectivity index (χ0v) is 8.88. The fourth-order valence-electron chi connectivity index (χ4n) is 0.782. The third-order valence-electron chi connectivity index (χ3n) is 1.35. The summed E-state index contributed by atoms with van der Waals surface area (Å²) in [5, 5.41) is 2.79. The second-order valence-corrected chi connectivity index (χ2v) is 3.49. The van der Waals surface area contributed by atoms with E-state index >= 15 is 0 Å². The Morgan fingerprint density at radius 1 is 1.77 bits per heavy atom. The molecule has 0 fully saturated rings. The molecule has 0 atom stereocenters. The number of rotatable bonds is 3. The summed E-state index contributed by atoms with van der Waals surface area (Å²) in [6.07, 6.45) is 0. The highest BCUT2D eigenvalue weighted by Gasteiger charge is 2.09. The van der Waals surface area contributed by atoms with Crippen LogP contribution in [-0.4, -0.2) is 24.1 Å². The van der Waals surface area contributed by atoms with E-state index < -0.39 is 6.67 Å². The molecule has 1 aromatic heterocycles. The topological polar surface area (TPSA) is 44.9 Å². The van der Waals surface area contributed by atoms with Gasteiger partial charge in [-0.15, -0.1) is 0 Å². The number of aromatic nitrogens is 1. The number of nitrogens with one attached hydrogen (secondary N) is 2. The molecule has 1 rings (SSSR count). The van der Waals surface area contributed by atoms with Crippen LogP contribution in [0, 0.1) is 0 Å². The van der Waals surface area contributed by atoms with Gasteiger partial charge >= 0.3 is 0 Å². The van der Waals surface area contributed by atoms with Crippen molar-refractivity contribution in [1.82, 2.24) is 10.3 Å². The summed E-state index contributed by atoms with van der Waals surface area (Å²) in [4.78, 5) is 13.9. The summed E-state index contributed by atoms with van der Waals surface area (Å²) in [6.45, 7) is -0.575. The van der Waals surface area contributed by atoms with Crippen LogP contribution in [-0.2, 0) is 0 Å². The average Bonchev–Trinajstić information content (AvgIpc) is 2.43. The van der Waals surface area contributed by atoms with Gasteiger partial charge in [0.25, 0.3) is 5.91 Å². The van der Waals surface area contributed by atoms with Crippen LogP contribution in [0.25, 0.3) is 0 Å². The Bertz CT molecular complexity index is 296. The summed E-state index contributed by atoms with van der Waals surface area (Å²) in [5.41, 5.74) is 0.310. The normalized spacial score (nSPS) is 10.1. The molecule has 1 heterocycles. The molecule has 0 unspecified atom stereocenters. The zero-order valence-electron chi connectivity index (χ0n) is 6.53. The number of halogens is 3. The van der Waals surface area contributed by atoms with Crippen molar-refractivity contribution in [3.63, 3.8) is 0 Å². The first kappa shape index (κ1) is 10.5. The Labute approximate surface area is 87.8 Å². The summed E-state index contributed by atoms with van der Waals surface area (Å²) in [5.74, 6) is -0.370. The first-order chi connectivity index (χ1) is 6.15. The molecule has 0 saturated heterocycles. The van der Waals surface area contributed by atoms with Gasteiger partial charge < -0.3 is 10.3 Å². The molecule has 2 N–H and O–H groups in total. The monoisotopic (exact) mass is 268 g/mol. The van der Waals surface area contributed by atoms with Crippen LogP contribution < -0.4 is 5.32 Å². The van der Waals surface area contributed by atoms with E-state index in [1.54, 1.807) is 0 Å². The molecule has 6 heteroatoms. The van der Waals surface area contributed by atoms with E-state index in [1.807, 2.05) is 0 Å². The van der Waals surface area contributed by atoms with Crippen LogP contribution in [0.3, 0.4) is 0 Å². The quantitative estimate of drug-likeness (QED) is 0.867. The second-order valence-electron chi connectivity index (χ2n) is 2.29. The van der Waals surface area contributed by atoms with Gasteiger partial charge in [-0.2, -0.15) is 0 Å². The van der Waals surface area contributed by atoms with Crippen molar-refractivity contribution >= 4 is 33.4 Å². The van der Waals surface area contributed by atoms with Crippen LogP contribution >= 0.6 is 27.5 Å². The smallest absolute Gasteiger partial charge is 0.267 e. The summed E-state index contributed by atoms with van der Waals surface area (Å²) in [7, 11) is 0. The summed E-state index contributed by atoms with van der Waals surface area (Å²) < 4.78 is 12.2. The van der Waals surface area contributed by atoms with Gasteiger partial charge in [-0.1, -0.05) is 11.6 Å². The third kappa shape index (κ3) is 2.70. The number of hydrogen-bond donors (Lipinski definition) is 2. The number of carbonyl (C=O) groups is 1. The van der Waals surface area contributed by atoms with Crippen molar-refractivity contribution in [1.29, 1.82) is 0 Å². The lowest BCUT2D eigenvalue weighted by Crippen LogP contribution is -2.25. The van der Waals surface area contributed by atoms with Crippen LogP contribution in [0.5, 0.6) is 0 Å². The third-order valence-corrected chi connectivity index (χ3v) is 2.50. The number of H-pyrrole nitrogens is 1. The number of aromatic amines is 1. The summed E-state index contributed by atoms with van der Waals surface area (Å²) >= 11 is 8.79. The minimum absolute atomic E-state index is 0.00704. The Morgan fingerprint density at radius 2 is 2.46 bits per heavy atom. The molecule has 0 aliphatic rings. The molecule has 72 valence electrons. The molecule has 1 amide bonds. The maximum atomic E-state index is 11.7. The van der Waals surface area contributed by atoms with Crippen molar-refractivity contribution in [2.24, 2.45) is 0 Å². The number of hydrogen-bond acceptors (Lipinski definition) is 1.